The topological polar surface area (TPSA) is 49.9 Å². The van der Waals surface area contributed by atoms with Crippen molar-refractivity contribution >= 4 is 11.8 Å². The molecule has 0 saturated carbocycles. The molecule has 2 fully saturated rings. The average Bonchev–Trinajstić information content (AvgIpc) is 2.57. The van der Waals surface area contributed by atoms with Crippen molar-refractivity contribution in [2.24, 2.45) is 5.92 Å². The van der Waals surface area contributed by atoms with Crippen LogP contribution in [0, 0.1) is 11.7 Å². The van der Waals surface area contributed by atoms with Crippen LogP contribution in [0.2, 0.25) is 0 Å². The Labute approximate surface area is 141 Å². The van der Waals surface area contributed by atoms with Crippen LogP contribution in [0.5, 0.6) is 0 Å². The molecule has 0 bridgehead atoms. The number of hydrogen-bond acceptors (Lipinski definition) is 3. The molecule has 24 heavy (non-hydrogen) atoms. The molecule has 0 spiro atoms. The third-order valence-electron chi connectivity index (χ3n) is 4.91. The fourth-order valence-corrected chi connectivity index (χ4v) is 3.55. The van der Waals surface area contributed by atoms with Gasteiger partial charge in [0.05, 0.1) is 6.04 Å². The van der Waals surface area contributed by atoms with Crippen LogP contribution in [-0.2, 0) is 14.3 Å². The molecule has 2 heterocycles. The summed E-state index contributed by atoms with van der Waals surface area (Å²) in [5.41, 5.74) is 0.704. The molecule has 0 N–H and O–H groups in total. The lowest BCUT2D eigenvalue weighted by Crippen LogP contribution is -2.55. The molecule has 0 unspecified atom stereocenters. The molecule has 0 aromatic heterocycles. The fourth-order valence-electron chi connectivity index (χ4n) is 3.55. The second-order valence-corrected chi connectivity index (χ2v) is 6.76. The Kier molecular flexibility index (Phi) is 4.85. The largest absolute Gasteiger partial charge is 0.356 e. The molecule has 5 nitrogen and oxygen atoms in total. The lowest BCUT2D eigenvalue weighted by Gasteiger charge is -2.41. The van der Waals surface area contributed by atoms with Gasteiger partial charge >= 0.3 is 0 Å². The average molecular weight is 334 g/mol. The molecule has 1 aromatic carbocycles. The Hall–Kier alpha value is -1.95. The van der Waals surface area contributed by atoms with Gasteiger partial charge in [-0.15, -0.1) is 0 Å². The highest BCUT2D eigenvalue weighted by atomic mass is 19.1. The number of halogens is 1. The summed E-state index contributed by atoms with van der Waals surface area (Å²) in [6.45, 7) is 3.46. The normalized spacial score (nSPS) is 28.1. The summed E-state index contributed by atoms with van der Waals surface area (Å²) in [6.07, 6.45) is 1.36. The minimum atomic E-state index is -0.747. The van der Waals surface area contributed by atoms with Gasteiger partial charge in [0.25, 0.3) is 5.91 Å². The van der Waals surface area contributed by atoms with Gasteiger partial charge in [-0.3, -0.25) is 9.59 Å². The van der Waals surface area contributed by atoms with Gasteiger partial charge in [-0.2, -0.15) is 0 Å². The number of carbonyl (C=O) groups is 2. The van der Waals surface area contributed by atoms with Crippen LogP contribution in [-0.4, -0.2) is 54.5 Å². The van der Waals surface area contributed by atoms with E-state index in [1.165, 1.54) is 17.0 Å². The summed E-state index contributed by atoms with van der Waals surface area (Å²) < 4.78 is 18.9. The van der Waals surface area contributed by atoms with Crippen LogP contribution < -0.4 is 0 Å². The third kappa shape index (κ3) is 3.29. The van der Waals surface area contributed by atoms with E-state index < -0.39 is 12.1 Å². The van der Waals surface area contributed by atoms with Gasteiger partial charge in [0, 0.05) is 20.1 Å². The van der Waals surface area contributed by atoms with Crippen molar-refractivity contribution < 1.29 is 18.7 Å². The Morgan fingerprint density at radius 2 is 2.00 bits per heavy atom. The second-order valence-electron chi connectivity index (χ2n) is 6.76. The Balaban J connectivity index is 1.87. The number of likely N-dealkylation sites (N-methyl/N-ethyl adjacent to an activating group) is 1. The van der Waals surface area contributed by atoms with E-state index in [1.54, 1.807) is 19.2 Å². The molecule has 6 heteroatoms. The number of carbonyl (C=O) groups excluding carboxylic acids is 2. The molecule has 0 aliphatic carbocycles. The van der Waals surface area contributed by atoms with Crippen LogP contribution in [0.15, 0.2) is 24.3 Å². The van der Waals surface area contributed by atoms with Gasteiger partial charge in [-0.1, -0.05) is 19.1 Å². The zero-order valence-electron chi connectivity index (χ0n) is 14.1. The van der Waals surface area contributed by atoms with Crippen molar-refractivity contribution in [1.29, 1.82) is 0 Å². The van der Waals surface area contributed by atoms with Gasteiger partial charge in [-0.05, 0) is 36.5 Å². The molecular formula is C18H23FN2O3. The standard InChI is InChI=1S/C18H23FN2O3/c1-12-4-3-9-21(10-12)18(23)17-16(20(2)15(22)11-24-17)13-5-7-14(19)8-6-13/h5-8,12,16-17H,3-4,9-11H2,1-2H3/t12-,16+,17-/m1/s1. The Bertz CT molecular complexity index is 619. The Morgan fingerprint density at radius 1 is 1.29 bits per heavy atom. The van der Waals surface area contributed by atoms with E-state index in [1.807, 2.05) is 4.90 Å². The summed E-state index contributed by atoms with van der Waals surface area (Å²) in [7, 11) is 1.66. The quantitative estimate of drug-likeness (QED) is 0.831. The first-order valence-electron chi connectivity index (χ1n) is 8.39. The first-order valence-corrected chi connectivity index (χ1v) is 8.39. The molecule has 3 atom stereocenters. The predicted molar refractivity (Wildman–Crippen MR) is 86.6 cm³/mol. The molecule has 2 saturated heterocycles. The third-order valence-corrected chi connectivity index (χ3v) is 4.91. The predicted octanol–water partition coefficient (Wildman–Crippen LogP) is 1.98. The maximum absolute atomic E-state index is 13.2. The number of rotatable bonds is 2. The number of hydrogen-bond donors (Lipinski definition) is 0. The van der Waals surface area contributed by atoms with Crippen LogP contribution in [0.4, 0.5) is 4.39 Å². The van der Waals surface area contributed by atoms with E-state index >= 15 is 0 Å². The van der Waals surface area contributed by atoms with Crippen molar-refractivity contribution in [2.75, 3.05) is 26.7 Å². The van der Waals surface area contributed by atoms with Gasteiger partial charge < -0.3 is 14.5 Å². The highest BCUT2D eigenvalue weighted by Gasteiger charge is 2.42. The SMILES string of the molecule is C[C@@H]1CCCN(C(=O)[C@@H]2OCC(=O)N(C)[C@H]2c2ccc(F)cc2)C1. The highest BCUT2D eigenvalue weighted by molar-refractivity contribution is 5.86. The molecule has 3 rings (SSSR count). The van der Waals surface area contributed by atoms with Crippen molar-refractivity contribution in [3.05, 3.63) is 35.6 Å². The van der Waals surface area contributed by atoms with E-state index in [0.29, 0.717) is 18.0 Å². The van der Waals surface area contributed by atoms with E-state index in [-0.39, 0.29) is 24.2 Å². The maximum Gasteiger partial charge on any atom is 0.254 e. The number of benzene rings is 1. The lowest BCUT2D eigenvalue weighted by atomic mass is 9.95. The van der Waals surface area contributed by atoms with Crippen molar-refractivity contribution in [2.45, 2.75) is 31.9 Å². The smallest absolute Gasteiger partial charge is 0.254 e. The van der Waals surface area contributed by atoms with E-state index in [4.69, 9.17) is 4.74 Å². The van der Waals surface area contributed by atoms with Crippen LogP contribution in [0.1, 0.15) is 31.4 Å². The van der Waals surface area contributed by atoms with Gasteiger partial charge in [0.2, 0.25) is 5.91 Å². The Morgan fingerprint density at radius 3 is 2.67 bits per heavy atom. The minimum absolute atomic E-state index is 0.0878. The lowest BCUT2D eigenvalue weighted by molar-refractivity contribution is -0.168. The first-order chi connectivity index (χ1) is 11.5. The van der Waals surface area contributed by atoms with Crippen molar-refractivity contribution in [3.63, 3.8) is 0 Å². The molecule has 1 aromatic rings. The summed E-state index contributed by atoms with van der Waals surface area (Å²) in [6, 6.07) is 5.37. The van der Waals surface area contributed by atoms with Crippen molar-refractivity contribution in [3.8, 4) is 0 Å². The summed E-state index contributed by atoms with van der Waals surface area (Å²) in [4.78, 5) is 28.4. The summed E-state index contributed by atoms with van der Waals surface area (Å²) >= 11 is 0. The van der Waals surface area contributed by atoms with Gasteiger partial charge in [-0.25, -0.2) is 4.39 Å². The van der Waals surface area contributed by atoms with Gasteiger partial charge in [0.1, 0.15) is 12.4 Å². The van der Waals surface area contributed by atoms with Crippen LogP contribution in [0.25, 0.3) is 0 Å². The van der Waals surface area contributed by atoms with E-state index in [2.05, 4.69) is 6.92 Å². The second kappa shape index (κ2) is 6.89. The van der Waals surface area contributed by atoms with Crippen LogP contribution >= 0.6 is 0 Å². The van der Waals surface area contributed by atoms with E-state index in [9.17, 15) is 14.0 Å². The first kappa shape index (κ1) is 16.9. The van der Waals surface area contributed by atoms with E-state index in [0.717, 1.165) is 19.4 Å². The molecule has 0 radical (unpaired) electrons. The molecule has 130 valence electrons. The number of piperidine rings is 1. The molecule has 2 amide bonds. The minimum Gasteiger partial charge on any atom is -0.356 e. The highest BCUT2D eigenvalue weighted by Crippen LogP contribution is 2.31. The van der Waals surface area contributed by atoms with Crippen molar-refractivity contribution in [1.82, 2.24) is 9.80 Å². The summed E-state index contributed by atoms with van der Waals surface area (Å²) in [5, 5.41) is 0. The molecule has 2 aliphatic rings. The maximum atomic E-state index is 13.2. The van der Waals surface area contributed by atoms with Crippen LogP contribution in [0.3, 0.4) is 0 Å². The number of ether oxygens (including phenoxy) is 1. The number of amides is 2. The van der Waals surface area contributed by atoms with Gasteiger partial charge in [0.15, 0.2) is 6.10 Å². The number of nitrogens with zero attached hydrogens (tertiary/aromatic N) is 2. The molecule has 2 aliphatic heterocycles. The number of likely N-dealkylation sites (tertiary alicyclic amines) is 1. The monoisotopic (exact) mass is 334 g/mol. The number of morpholine rings is 1. The zero-order chi connectivity index (χ0) is 17.3. The fraction of sp³-hybridized carbons (Fsp3) is 0.556. The molecular weight excluding hydrogens is 311 g/mol. The zero-order valence-corrected chi connectivity index (χ0v) is 14.1. The summed E-state index contributed by atoms with van der Waals surface area (Å²) in [5.74, 6) is -0.150.